The zero-order valence-corrected chi connectivity index (χ0v) is 12.8. The summed E-state index contributed by atoms with van der Waals surface area (Å²) < 4.78 is 6.15. The molecule has 0 radical (unpaired) electrons. The van der Waals surface area contributed by atoms with Crippen LogP contribution in [0.2, 0.25) is 0 Å². The van der Waals surface area contributed by atoms with E-state index < -0.39 is 0 Å². The molecule has 2 nitrogen and oxygen atoms in total. The van der Waals surface area contributed by atoms with Crippen LogP contribution in [-0.2, 0) is 0 Å². The van der Waals surface area contributed by atoms with Crippen molar-refractivity contribution in [2.45, 2.75) is 39.0 Å². The van der Waals surface area contributed by atoms with E-state index in [4.69, 9.17) is 4.42 Å². The van der Waals surface area contributed by atoms with Gasteiger partial charge in [-0.05, 0) is 56.3 Å². The number of hydrogen-bond acceptors (Lipinski definition) is 2. The van der Waals surface area contributed by atoms with E-state index in [9.17, 15) is 0 Å². The minimum Gasteiger partial charge on any atom is -0.461 e. The molecule has 1 aromatic heterocycles. The smallest absolute Gasteiger partial charge is 0.134 e. The quantitative estimate of drug-likeness (QED) is 0.885. The standard InChI is InChI=1S/C18H25NO/c1-18(2)9-8-14(12-19-3)15(11-18)17-10-13-6-4-5-7-16(13)20-17/h4-7,10,14-15,19H,8-9,11-12H2,1-3H3. The highest BCUT2D eigenvalue weighted by Crippen LogP contribution is 2.47. The van der Waals surface area contributed by atoms with Gasteiger partial charge in [0.15, 0.2) is 0 Å². The van der Waals surface area contributed by atoms with Crippen molar-refractivity contribution < 1.29 is 4.42 Å². The lowest BCUT2D eigenvalue weighted by molar-refractivity contribution is 0.149. The molecule has 1 aliphatic rings. The molecule has 0 saturated heterocycles. The fourth-order valence-corrected chi connectivity index (χ4v) is 3.67. The molecule has 2 heteroatoms. The van der Waals surface area contributed by atoms with Crippen molar-refractivity contribution in [1.82, 2.24) is 5.32 Å². The van der Waals surface area contributed by atoms with Crippen LogP contribution >= 0.6 is 0 Å². The van der Waals surface area contributed by atoms with Gasteiger partial charge in [0.1, 0.15) is 11.3 Å². The molecule has 1 saturated carbocycles. The van der Waals surface area contributed by atoms with E-state index in [0.717, 1.165) is 12.1 Å². The van der Waals surface area contributed by atoms with Crippen LogP contribution in [-0.4, -0.2) is 13.6 Å². The van der Waals surface area contributed by atoms with Crippen molar-refractivity contribution >= 4 is 11.0 Å². The van der Waals surface area contributed by atoms with Crippen molar-refractivity contribution in [1.29, 1.82) is 0 Å². The Morgan fingerprint density at radius 1 is 1.30 bits per heavy atom. The molecule has 0 spiro atoms. The van der Waals surface area contributed by atoms with Crippen molar-refractivity contribution in [3.05, 3.63) is 36.1 Å². The van der Waals surface area contributed by atoms with Gasteiger partial charge < -0.3 is 9.73 Å². The molecule has 1 heterocycles. The lowest BCUT2D eigenvalue weighted by Crippen LogP contribution is -2.33. The van der Waals surface area contributed by atoms with Gasteiger partial charge in [-0.1, -0.05) is 32.0 Å². The molecule has 1 aromatic carbocycles. The maximum absolute atomic E-state index is 6.15. The molecule has 2 atom stereocenters. The number of benzene rings is 1. The van der Waals surface area contributed by atoms with Crippen LogP contribution in [0, 0.1) is 11.3 Å². The monoisotopic (exact) mass is 271 g/mol. The molecule has 1 fully saturated rings. The fourth-order valence-electron chi connectivity index (χ4n) is 3.67. The highest BCUT2D eigenvalue weighted by Gasteiger charge is 2.37. The van der Waals surface area contributed by atoms with Gasteiger partial charge in [-0.25, -0.2) is 0 Å². The first kappa shape index (κ1) is 13.7. The molecule has 0 amide bonds. The Kier molecular flexibility index (Phi) is 3.59. The first-order chi connectivity index (χ1) is 9.59. The van der Waals surface area contributed by atoms with Crippen LogP contribution in [0.3, 0.4) is 0 Å². The third-order valence-corrected chi connectivity index (χ3v) is 4.81. The van der Waals surface area contributed by atoms with Crippen molar-refractivity contribution in [2.24, 2.45) is 11.3 Å². The topological polar surface area (TPSA) is 25.2 Å². The Bertz CT molecular complexity index is 551. The number of para-hydroxylation sites is 1. The fraction of sp³-hybridized carbons (Fsp3) is 0.556. The molecule has 0 bridgehead atoms. The van der Waals surface area contributed by atoms with Crippen LogP contribution in [0.5, 0.6) is 0 Å². The van der Waals surface area contributed by atoms with E-state index in [-0.39, 0.29) is 0 Å². The zero-order chi connectivity index (χ0) is 14.2. The second-order valence-corrected chi connectivity index (χ2v) is 7.02. The summed E-state index contributed by atoms with van der Waals surface area (Å²) in [6, 6.07) is 10.6. The van der Waals surface area contributed by atoms with Gasteiger partial charge in [0.2, 0.25) is 0 Å². The average Bonchev–Trinajstić information content (AvgIpc) is 2.84. The largest absolute Gasteiger partial charge is 0.461 e. The first-order valence-electron chi connectivity index (χ1n) is 7.72. The van der Waals surface area contributed by atoms with Gasteiger partial charge in [0.05, 0.1) is 0 Å². The molecule has 108 valence electrons. The summed E-state index contributed by atoms with van der Waals surface area (Å²) in [4.78, 5) is 0. The number of rotatable bonds is 3. The van der Waals surface area contributed by atoms with Crippen LogP contribution in [0.15, 0.2) is 34.7 Å². The number of fused-ring (bicyclic) bond motifs is 1. The molecular formula is C18H25NO. The summed E-state index contributed by atoms with van der Waals surface area (Å²) in [5, 5.41) is 4.59. The highest BCUT2D eigenvalue weighted by atomic mass is 16.3. The minimum atomic E-state index is 0.424. The Labute approximate surface area is 121 Å². The zero-order valence-electron chi connectivity index (χ0n) is 12.8. The summed E-state index contributed by atoms with van der Waals surface area (Å²) >= 11 is 0. The van der Waals surface area contributed by atoms with E-state index >= 15 is 0 Å². The van der Waals surface area contributed by atoms with E-state index in [1.54, 1.807) is 0 Å². The van der Waals surface area contributed by atoms with Gasteiger partial charge in [0, 0.05) is 11.3 Å². The van der Waals surface area contributed by atoms with Gasteiger partial charge in [0.25, 0.3) is 0 Å². The third-order valence-electron chi connectivity index (χ3n) is 4.81. The SMILES string of the molecule is CNCC1CCC(C)(C)CC1c1cc2ccccc2o1. The number of furan rings is 1. The van der Waals surface area contributed by atoms with Crippen LogP contribution < -0.4 is 5.32 Å². The maximum atomic E-state index is 6.15. The molecule has 2 unspecified atom stereocenters. The second kappa shape index (κ2) is 5.25. The molecule has 0 aliphatic heterocycles. The van der Waals surface area contributed by atoms with Crippen LogP contribution in [0.1, 0.15) is 44.8 Å². The Balaban J connectivity index is 1.94. The molecule has 3 rings (SSSR count). The maximum Gasteiger partial charge on any atom is 0.134 e. The van der Waals surface area contributed by atoms with E-state index in [2.05, 4.69) is 50.5 Å². The van der Waals surface area contributed by atoms with E-state index in [1.165, 1.54) is 30.4 Å². The van der Waals surface area contributed by atoms with E-state index in [1.807, 2.05) is 6.07 Å². The molecule has 2 aromatic rings. The van der Waals surface area contributed by atoms with Gasteiger partial charge in [-0.3, -0.25) is 0 Å². The summed E-state index contributed by atoms with van der Waals surface area (Å²) in [6.45, 7) is 5.86. The Morgan fingerprint density at radius 2 is 2.10 bits per heavy atom. The summed E-state index contributed by atoms with van der Waals surface area (Å²) in [6.07, 6.45) is 3.82. The third kappa shape index (κ3) is 2.62. The first-order valence-corrected chi connectivity index (χ1v) is 7.72. The normalized spacial score (nSPS) is 25.9. The number of hydrogen-bond donors (Lipinski definition) is 1. The summed E-state index contributed by atoms with van der Waals surface area (Å²) in [5.74, 6) is 2.41. The van der Waals surface area contributed by atoms with Crippen LogP contribution in [0.25, 0.3) is 11.0 Å². The molecular weight excluding hydrogens is 246 g/mol. The van der Waals surface area contributed by atoms with Gasteiger partial charge in [-0.15, -0.1) is 0 Å². The molecule has 1 aliphatic carbocycles. The predicted molar refractivity (Wildman–Crippen MR) is 84.0 cm³/mol. The highest BCUT2D eigenvalue weighted by molar-refractivity contribution is 5.77. The lowest BCUT2D eigenvalue weighted by atomic mass is 9.66. The predicted octanol–water partition coefficient (Wildman–Crippen LogP) is 4.56. The van der Waals surface area contributed by atoms with Crippen molar-refractivity contribution in [3.63, 3.8) is 0 Å². The summed E-state index contributed by atoms with van der Waals surface area (Å²) in [7, 11) is 2.05. The van der Waals surface area contributed by atoms with Crippen molar-refractivity contribution in [2.75, 3.05) is 13.6 Å². The van der Waals surface area contributed by atoms with Crippen molar-refractivity contribution in [3.8, 4) is 0 Å². The Hall–Kier alpha value is -1.28. The van der Waals surface area contributed by atoms with Crippen LogP contribution in [0.4, 0.5) is 0 Å². The molecule has 1 N–H and O–H groups in total. The lowest BCUT2D eigenvalue weighted by Gasteiger charge is -2.40. The van der Waals surface area contributed by atoms with E-state index in [0.29, 0.717) is 17.3 Å². The van der Waals surface area contributed by atoms with Gasteiger partial charge >= 0.3 is 0 Å². The Morgan fingerprint density at radius 3 is 2.85 bits per heavy atom. The van der Waals surface area contributed by atoms with Gasteiger partial charge in [-0.2, -0.15) is 0 Å². The second-order valence-electron chi connectivity index (χ2n) is 7.02. The summed E-state index contributed by atoms with van der Waals surface area (Å²) in [5.41, 5.74) is 1.45. The number of nitrogens with one attached hydrogen (secondary N) is 1. The average molecular weight is 271 g/mol. The minimum absolute atomic E-state index is 0.424. The molecule has 20 heavy (non-hydrogen) atoms.